The Morgan fingerprint density at radius 3 is 2.59 bits per heavy atom. The molecule has 6 heteroatoms. The highest BCUT2D eigenvalue weighted by atomic mass is 35.5. The maximum absolute atomic E-state index is 5.78. The van der Waals surface area contributed by atoms with E-state index in [4.69, 9.17) is 11.6 Å². The molecule has 0 aliphatic heterocycles. The quantitative estimate of drug-likeness (QED) is 0.437. The Morgan fingerprint density at radius 1 is 1.32 bits per heavy atom. The molecule has 2 N–H and O–H groups in total. The van der Waals surface area contributed by atoms with E-state index in [1.54, 1.807) is 7.05 Å². The third-order valence-corrected chi connectivity index (χ3v) is 3.94. The Bertz CT molecular complexity index is 442. The van der Waals surface area contributed by atoms with E-state index >= 15 is 0 Å². The van der Waals surface area contributed by atoms with Gasteiger partial charge in [0.2, 0.25) is 0 Å². The molecule has 124 valence electrons. The second-order valence-electron chi connectivity index (χ2n) is 5.19. The molecule has 1 unspecified atom stereocenters. The minimum Gasteiger partial charge on any atom is -0.356 e. The molecule has 0 aromatic carbocycles. The Labute approximate surface area is 139 Å². The molecular weight excluding hydrogens is 298 g/mol. The molecule has 1 heterocycles. The first-order chi connectivity index (χ1) is 10.6. The fourth-order valence-corrected chi connectivity index (χ4v) is 2.43. The van der Waals surface area contributed by atoms with Crippen molar-refractivity contribution in [2.45, 2.75) is 33.2 Å². The number of hydrogen-bond donors (Lipinski definition) is 2. The van der Waals surface area contributed by atoms with E-state index in [1.807, 2.05) is 18.3 Å². The van der Waals surface area contributed by atoms with Crippen molar-refractivity contribution >= 4 is 17.6 Å². The normalized spacial score (nSPS) is 13.3. The van der Waals surface area contributed by atoms with Crippen molar-refractivity contribution in [3.8, 4) is 0 Å². The number of guanidine groups is 1. The van der Waals surface area contributed by atoms with Gasteiger partial charge in [-0.2, -0.15) is 0 Å². The molecule has 0 fully saturated rings. The molecule has 22 heavy (non-hydrogen) atoms. The smallest absolute Gasteiger partial charge is 0.191 e. The van der Waals surface area contributed by atoms with Crippen molar-refractivity contribution in [3.63, 3.8) is 0 Å². The number of pyridine rings is 1. The third-order valence-electron chi connectivity index (χ3n) is 3.72. The van der Waals surface area contributed by atoms with Crippen LogP contribution in [0.2, 0.25) is 5.15 Å². The highest BCUT2D eigenvalue weighted by Gasteiger charge is 2.10. The number of aromatic nitrogens is 1. The number of halogens is 1. The van der Waals surface area contributed by atoms with E-state index < -0.39 is 0 Å². The van der Waals surface area contributed by atoms with Gasteiger partial charge < -0.3 is 10.6 Å². The third kappa shape index (κ3) is 6.62. The number of likely N-dealkylation sites (N-methyl/N-ethyl adjacent to an activating group) is 1. The summed E-state index contributed by atoms with van der Waals surface area (Å²) in [6, 6.07) is 4.29. The van der Waals surface area contributed by atoms with Crippen LogP contribution in [0.4, 0.5) is 0 Å². The van der Waals surface area contributed by atoms with E-state index in [0.29, 0.717) is 11.2 Å². The van der Waals surface area contributed by atoms with E-state index in [2.05, 4.69) is 46.3 Å². The summed E-state index contributed by atoms with van der Waals surface area (Å²) >= 11 is 5.78. The SMILES string of the molecule is CCN(CC)C(C)CNC(=NC)NCCc1ccc(Cl)nc1. The van der Waals surface area contributed by atoms with E-state index in [1.165, 1.54) is 0 Å². The maximum Gasteiger partial charge on any atom is 0.191 e. The van der Waals surface area contributed by atoms with Gasteiger partial charge in [-0.1, -0.05) is 31.5 Å². The van der Waals surface area contributed by atoms with Crippen LogP contribution in [-0.2, 0) is 6.42 Å². The molecule has 0 saturated heterocycles. The van der Waals surface area contributed by atoms with E-state index in [-0.39, 0.29) is 0 Å². The van der Waals surface area contributed by atoms with Crippen molar-refractivity contribution in [2.24, 2.45) is 4.99 Å². The van der Waals surface area contributed by atoms with Gasteiger partial charge in [0.15, 0.2) is 5.96 Å². The number of hydrogen-bond acceptors (Lipinski definition) is 3. The first kappa shape index (κ1) is 18.7. The molecular formula is C16H28ClN5. The van der Waals surface area contributed by atoms with Crippen LogP contribution in [0.3, 0.4) is 0 Å². The average Bonchev–Trinajstić information content (AvgIpc) is 2.53. The van der Waals surface area contributed by atoms with E-state index in [0.717, 1.165) is 44.1 Å². The van der Waals surface area contributed by atoms with Gasteiger partial charge in [0.1, 0.15) is 5.15 Å². The molecule has 1 aromatic rings. The first-order valence-electron chi connectivity index (χ1n) is 7.89. The zero-order chi connectivity index (χ0) is 16.4. The van der Waals surface area contributed by atoms with Crippen molar-refractivity contribution in [3.05, 3.63) is 29.0 Å². The van der Waals surface area contributed by atoms with Crippen LogP contribution in [-0.4, -0.2) is 55.1 Å². The number of rotatable bonds is 8. The minimum atomic E-state index is 0.481. The van der Waals surface area contributed by atoms with Gasteiger partial charge in [0, 0.05) is 32.4 Å². The van der Waals surface area contributed by atoms with Gasteiger partial charge in [0.25, 0.3) is 0 Å². The largest absolute Gasteiger partial charge is 0.356 e. The van der Waals surface area contributed by atoms with Gasteiger partial charge in [-0.15, -0.1) is 0 Å². The first-order valence-corrected chi connectivity index (χ1v) is 8.27. The Hall–Kier alpha value is -1.33. The topological polar surface area (TPSA) is 52.5 Å². The summed E-state index contributed by atoms with van der Waals surface area (Å²) in [7, 11) is 1.79. The lowest BCUT2D eigenvalue weighted by Gasteiger charge is -2.27. The molecule has 5 nitrogen and oxygen atoms in total. The predicted octanol–water partition coefficient (Wildman–Crippen LogP) is 2.17. The summed E-state index contributed by atoms with van der Waals surface area (Å²) in [6.45, 7) is 10.4. The summed E-state index contributed by atoms with van der Waals surface area (Å²) in [5.74, 6) is 0.834. The van der Waals surface area contributed by atoms with Crippen molar-refractivity contribution in [1.29, 1.82) is 0 Å². The standard InChI is InChI=1S/C16H28ClN5/c1-5-22(6-2)13(3)11-21-16(18-4)19-10-9-14-7-8-15(17)20-12-14/h7-8,12-13H,5-6,9-11H2,1-4H3,(H2,18,19,21). The molecule has 0 radical (unpaired) electrons. The van der Waals surface area contributed by atoms with Crippen molar-refractivity contribution in [1.82, 2.24) is 20.5 Å². The van der Waals surface area contributed by atoms with E-state index in [9.17, 15) is 0 Å². The van der Waals surface area contributed by atoms with Crippen LogP contribution in [0.25, 0.3) is 0 Å². The fourth-order valence-electron chi connectivity index (χ4n) is 2.32. The lowest BCUT2D eigenvalue weighted by molar-refractivity contribution is 0.231. The van der Waals surface area contributed by atoms with Crippen molar-refractivity contribution in [2.75, 3.05) is 33.2 Å². The average molecular weight is 326 g/mol. The summed E-state index contributed by atoms with van der Waals surface area (Å²) in [5, 5.41) is 7.22. The lowest BCUT2D eigenvalue weighted by atomic mass is 10.2. The van der Waals surface area contributed by atoms with Gasteiger partial charge in [-0.05, 0) is 38.1 Å². The molecule has 1 rings (SSSR count). The highest BCUT2D eigenvalue weighted by molar-refractivity contribution is 6.29. The summed E-state index contributed by atoms with van der Waals surface area (Å²) in [5.41, 5.74) is 1.16. The van der Waals surface area contributed by atoms with Crippen LogP contribution in [0.15, 0.2) is 23.3 Å². The molecule has 0 aliphatic carbocycles. The summed E-state index contributed by atoms with van der Waals surface area (Å²) in [6.07, 6.45) is 2.69. The predicted molar refractivity (Wildman–Crippen MR) is 94.7 cm³/mol. The molecule has 1 aromatic heterocycles. The Balaban J connectivity index is 2.32. The molecule has 0 aliphatic rings. The van der Waals surface area contributed by atoms with Crippen LogP contribution in [0, 0.1) is 0 Å². The molecule has 0 bridgehead atoms. The van der Waals surface area contributed by atoms with Gasteiger partial charge in [-0.3, -0.25) is 9.89 Å². The molecule has 0 spiro atoms. The fraction of sp³-hybridized carbons (Fsp3) is 0.625. The number of nitrogens with one attached hydrogen (secondary N) is 2. The monoisotopic (exact) mass is 325 g/mol. The zero-order valence-corrected chi connectivity index (χ0v) is 14.8. The molecule has 1 atom stereocenters. The van der Waals surface area contributed by atoms with Crippen LogP contribution >= 0.6 is 11.6 Å². The van der Waals surface area contributed by atoms with Crippen LogP contribution in [0.5, 0.6) is 0 Å². The van der Waals surface area contributed by atoms with Crippen LogP contribution in [0.1, 0.15) is 26.3 Å². The maximum atomic E-state index is 5.78. The summed E-state index contributed by atoms with van der Waals surface area (Å²) in [4.78, 5) is 10.8. The zero-order valence-electron chi connectivity index (χ0n) is 14.1. The van der Waals surface area contributed by atoms with Gasteiger partial charge in [-0.25, -0.2) is 4.98 Å². The van der Waals surface area contributed by atoms with Gasteiger partial charge >= 0.3 is 0 Å². The molecule has 0 saturated carbocycles. The second-order valence-corrected chi connectivity index (χ2v) is 5.58. The summed E-state index contributed by atoms with van der Waals surface area (Å²) < 4.78 is 0. The Kier molecular flexibility index (Phi) is 8.85. The Morgan fingerprint density at radius 2 is 2.05 bits per heavy atom. The number of nitrogens with zero attached hydrogens (tertiary/aromatic N) is 3. The van der Waals surface area contributed by atoms with Crippen molar-refractivity contribution < 1.29 is 0 Å². The van der Waals surface area contributed by atoms with Crippen LogP contribution < -0.4 is 10.6 Å². The van der Waals surface area contributed by atoms with Gasteiger partial charge in [0.05, 0.1) is 0 Å². The molecule has 0 amide bonds. The second kappa shape index (κ2) is 10.4. The highest BCUT2D eigenvalue weighted by Crippen LogP contribution is 2.05. The number of aliphatic imine (C=N–C) groups is 1. The minimum absolute atomic E-state index is 0.481. The lowest BCUT2D eigenvalue weighted by Crippen LogP contribution is -2.46.